The van der Waals surface area contributed by atoms with Gasteiger partial charge in [-0.15, -0.1) is 0 Å². The summed E-state index contributed by atoms with van der Waals surface area (Å²) in [5.74, 6) is -0.507. The second-order valence-corrected chi connectivity index (χ2v) is 3.41. The molecule has 1 aromatic heterocycles. The molecule has 0 atom stereocenters. The maximum Gasteiger partial charge on any atom is 0.135 e. The zero-order valence-corrected chi connectivity index (χ0v) is 8.50. The van der Waals surface area contributed by atoms with Gasteiger partial charge in [-0.2, -0.15) is 0 Å². The predicted octanol–water partition coefficient (Wildman–Crippen LogP) is 1.86. The Morgan fingerprint density at radius 1 is 1.31 bits per heavy atom. The third-order valence-electron chi connectivity index (χ3n) is 2.23. The first-order valence-electron chi connectivity index (χ1n) is 4.90. The minimum Gasteiger partial charge on any atom is -0.342 e. The molecule has 5 heteroatoms. The van der Waals surface area contributed by atoms with Crippen molar-refractivity contribution in [2.75, 3.05) is 6.54 Å². The molecule has 0 saturated carbocycles. The standard InChI is InChI=1S/C11H11F2N3/c12-7-1-2-8(9(13)5-7)10-6-15-11(16-10)3-4-14/h1-2,5-6H,3-4,14H2,(H,15,16). The monoisotopic (exact) mass is 223 g/mol. The highest BCUT2D eigenvalue weighted by molar-refractivity contribution is 5.59. The van der Waals surface area contributed by atoms with Gasteiger partial charge >= 0.3 is 0 Å². The highest BCUT2D eigenvalue weighted by Gasteiger charge is 2.08. The van der Waals surface area contributed by atoms with Gasteiger partial charge in [-0.05, 0) is 18.7 Å². The van der Waals surface area contributed by atoms with E-state index in [1.807, 2.05) is 0 Å². The number of rotatable bonds is 3. The van der Waals surface area contributed by atoms with Crippen LogP contribution >= 0.6 is 0 Å². The zero-order chi connectivity index (χ0) is 11.5. The van der Waals surface area contributed by atoms with E-state index in [2.05, 4.69) is 9.97 Å². The first-order valence-corrected chi connectivity index (χ1v) is 4.90. The van der Waals surface area contributed by atoms with E-state index in [0.717, 1.165) is 6.07 Å². The molecule has 2 rings (SSSR count). The van der Waals surface area contributed by atoms with Crippen molar-refractivity contribution >= 4 is 0 Å². The van der Waals surface area contributed by atoms with Crippen molar-refractivity contribution in [2.24, 2.45) is 5.73 Å². The Hall–Kier alpha value is -1.75. The second kappa shape index (κ2) is 4.40. The third kappa shape index (κ3) is 2.09. The quantitative estimate of drug-likeness (QED) is 0.834. The Morgan fingerprint density at radius 2 is 2.12 bits per heavy atom. The molecule has 0 amide bonds. The van der Waals surface area contributed by atoms with E-state index in [4.69, 9.17) is 5.73 Å². The number of imidazole rings is 1. The molecule has 0 unspecified atom stereocenters. The predicted molar refractivity (Wildman–Crippen MR) is 56.7 cm³/mol. The summed E-state index contributed by atoms with van der Waals surface area (Å²) < 4.78 is 26.1. The van der Waals surface area contributed by atoms with Crippen molar-refractivity contribution in [1.29, 1.82) is 0 Å². The van der Waals surface area contributed by atoms with Crippen LogP contribution in [0.15, 0.2) is 24.4 Å². The number of benzene rings is 1. The van der Waals surface area contributed by atoms with Gasteiger partial charge in [-0.1, -0.05) is 0 Å². The zero-order valence-electron chi connectivity index (χ0n) is 8.50. The van der Waals surface area contributed by atoms with Gasteiger partial charge in [0.2, 0.25) is 0 Å². The first-order chi connectivity index (χ1) is 7.70. The molecule has 1 aromatic carbocycles. The van der Waals surface area contributed by atoms with E-state index < -0.39 is 11.6 Å². The Labute approximate surface area is 91.3 Å². The summed E-state index contributed by atoms with van der Waals surface area (Å²) in [6.45, 7) is 0.471. The number of aromatic nitrogens is 2. The molecule has 3 nitrogen and oxygen atoms in total. The molecular formula is C11H11F2N3. The van der Waals surface area contributed by atoms with Gasteiger partial charge in [0.25, 0.3) is 0 Å². The van der Waals surface area contributed by atoms with Crippen molar-refractivity contribution in [2.45, 2.75) is 6.42 Å². The molecule has 0 radical (unpaired) electrons. The number of halogens is 2. The maximum absolute atomic E-state index is 13.4. The summed E-state index contributed by atoms with van der Waals surface area (Å²) in [5.41, 5.74) is 6.21. The van der Waals surface area contributed by atoms with Crippen LogP contribution in [0.5, 0.6) is 0 Å². The Morgan fingerprint density at radius 3 is 2.81 bits per heavy atom. The van der Waals surface area contributed by atoms with Crippen molar-refractivity contribution < 1.29 is 8.78 Å². The van der Waals surface area contributed by atoms with Crippen molar-refractivity contribution in [3.05, 3.63) is 41.9 Å². The molecule has 0 bridgehead atoms. The van der Waals surface area contributed by atoms with Crippen LogP contribution < -0.4 is 5.73 Å². The number of nitrogens with zero attached hydrogens (tertiary/aromatic N) is 1. The van der Waals surface area contributed by atoms with E-state index >= 15 is 0 Å². The molecule has 16 heavy (non-hydrogen) atoms. The van der Waals surface area contributed by atoms with Gasteiger partial charge in [-0.3, -0.25) is 0 Å². The van der Waals surface area contributed by atoms with Crippen LogP contribution in [-0.2, 0) is 6.42 Å². The molecule has 0 aliphatic rings. The summed E-state index contributed by atoms with van der Waals surface area (Å²) in [6.07, 6.45) is 2.12. The molecule has 0 aliphatic carbocycles. The molecule has 3 N–H and O–H groups in total. The number of H-pyrrole nitrogens is 1. The van der Waals surface area contributed by atoms with E-state index in [1.165, 1.54) is 18.3 Å². The number of nitrogens with one attached hydrogen (secondary N) is 1. The van der Waals surface area contributed by atoms with E-state index in [9.17, 15) is 8.78 Å². The van der Waals surface area contributed by atoms with Gasteiger partial charge in [0.05, 0.1) is 11.9 Å². The second-order valence-electron chi connectivity index (χ2n) is 3.41. The number of nitrogens with two attached hydrogens (primary N) is 1. The summed E-state index contributed by atoms with van der Waals surface area (Å²) in [5, 5.41) is 0. The summed E-state index contributed by atoms with van der Waals surface area (Å²) >= 11 is 0. The van der Waals surface area contributed by atoms with Gasteiger partial charge in [0.1, 0.15) is 17.5 Å². The first kappa shape index (κ1) is 10.8. The minimum atomic E-state index is -0.608. The Bertz CT molecular complexity index is 494. The summed E-state index contributed by atoms with van der Waals surface area (Å²) in [6, 6.07) is 3.44. The lowest BCUT2D eigenvalue weighted by Crippen LogP contribution is -2.03. The number of hydrogen-bond acceptors (Lipinski definition) is 2. The van der Waals surface area contributed by atoms with Crippen LogP contribution in [-0.4, -0.2) is 16.5 Å². The SMILES string of the molecule is NCCc1ncc(-c2ccc(F)cc2F)[nH]1. The molecule has 0 fully saturated rings. The maximum atomic E-state index is 13.4. The lowest BCUT2D eigenvalue weighted by molar-refractivity contribution is 0.585. The smallest absolute Gasteiger partial charge is 0.135 e. The molecule has 2 aromatic rings. The van der Waals surface area contributed by atoms with Gasteiger partial charge in [0.15, 0.2) is 0 Å². The van der Waals surface area contributed by atoms with Crippen LogP contribution in [0.2, 0.25) is 0 Å². The van der Waals surface area contributed by atoms with Crippen LogP contribution in [0, 0.1) is 11.6 Å². The summed E-state index contributed by atoms with van der Waals surface area (Å²) in [7, 11) is 0. The lowest BCUT2D eigenvalue weighted by Gasteiger charge is -1.99. The Kier molecular flexibility index (Phi) is 2.96. The normalized spacial score (nSPS) is 10.7. The third-order valence-corrected chi connectivity index (χ3v) is 2.23. The van der Waals surface area contributed by atoms with E-state index in [1.54, 1.807) is 0 Å². The van der Waals surface area contributed by atoms with Crippen molar-refractivity contribution in [1.82, 2.24) is 9.97 Å². The molecule has 84 valence electrons. The van der Waals surface area contributed by atoms with Crippen LogP contribution in [0.25, 0.3) is 11.3 Å². The van der Waals surface area contributed by atoms with E-state index in [0.29, 0.717) is 30.0 Å². The molecule has 0 spiro atoms. The van der Waals surface area contributed by atoms with Gasteiger partial charge < -0.3 is 10.7 Å². The average Bonchev–Trinajstić information content (AvgIpc) is 2.67. The largest absolute Gasteiger partial charge is 0.342 e. The van der Waals surface area contributed by atoms with Crippen molar-refractivity contribution in [3.8, 4) is 11.3 Å². The average molecular weight is 223 g/mol. The van der Waals surface area contributed by atoms with Gasteiger partial charge in [0, 0.05) is 18.1 Å². The Balaban J connectivity index is 2.35. The number of aromatic amines is 1. The summed E-state index contributed by atoms with van der Waals surface area (Å²) in [4.78, 5) is 6.99. The fourth-order valence-electron chi connectivity index (χ4n) is 1.47. The highest BCUT2D eigenvalue weighted by atomic mass is 19.1. The molecule has 0 saturated heterocycles. The van der Waals surface area contributed by atoms with Crippen LogP contribution in [0.3, 0.4) is 0 Å². The number of hydrogen-bond donors (Lipinski definition) is 2. The fraction of sp³-hybridized carbons (Fsp3) is 0.182. The van der Waals surface area contributed by atoms with E-state index in [-0.39, 0.29) is 0 Å². The van der Waals surface area contributed by atoms with Crippen LogP contribution in [0.1, 0.15) is 5.82 Å². The minimum absolute atomic E-state index is 0.303. The molecule has 1 heterocycles. The lowest BCUT2D eigenvalue weighted by atomic mass is 10.1. The topological polar surface area (TPSA) is 54.7 Å². The molecular weight excluding hydrogens is 212 g/mol. The fourth-order valence-corrected chi connectivity index (χ4v) is 1.47. The van der Waals surface area contributed by atoms with Crippen LogP contribution in [0.4, 0.5) is 8.78 Å². The van der Waals surface area contributed by atoms with Gasteiger partial charge in [-0.25, -0.2) is 13.8 Å². The van der Waals surface area contributed by atoms with Crippen molar-refractivity contribution in [3.63, 3.8) is 0 Å². The highest BCUT2D eigenvalue weighted by Crippen LogP contribution is 2.21. The molecule has 0 aliphatic heterocycles.